The Balaban J connectivity index is 1.95. The van der Waals surface area contributed by atoms with Gasteiger partial charge in [0.25, 0.3) is 0 Å². The predicted octanol–water partition coefficient (Wildman–Crippen LogP) is 2.86. The van der Waals surface area contributed by atoms with Gasteiger partial charge in [0.2, 0.25) is 0 Å². The topological polar surface area (TPSA) is 44.5 Å². The minimum Gasteiger partial charge on any atom is -0.421 e. The zero-order chi connectivity index (χ0) is 10.3. The number of thioether (sulfide) groups is 1. The minimum absolute atomic E-state index is 0.589. The Bertz CT molecular complexity index is 469. The third-order valence-electron chi connectivity index (χ3n) is 2.21. The highest BCUT2D eigenvalue weighted by Crippen LogP contribution is 2.42. The van der Waals surface area contributed by atoms with Gasteiger partial charge in [-0.3, -0.25) is 0 Å². The fourth-order valence-electron chi connectivity index (χ4n) is 1.49. The van der Waals surface area contributed by atoms with Crippen molar-refractivity contribution in [2.45, 2.75) is 6.42 Å². The van der Waals surface area contributed by atoms with E-state index in [1.165, 1.54) is 0 Å². The minimum atomic E-state index is 0.589. The molecule has 0 fully saturated rings. The Morgan fingerprint density at radius 3 is 2.87 bits per heavy atom. The third-order valence-corrected chi connectivity index (χ3v) is 3.16. The Hall–Kier alpha value is -1.55. The molecule has 3 rings (SSSR count). The van der Waals surface area contributed by atoms with Crippen LogP contribution < -0.4 is 15.2 Å². The van der Waals surface area contributed by atoms with E-state index in [-0.39, 0.29) is 0 Å². The number of benzene rings is 1. The summed E-state index contributed by atoms with van der Waals surface area (Å²) in [5, 5.41) is 2.03. The summed E-state index contributed by atoms with van der Waals surface area (Å²) in [6, 6.07) is 5.40. The Morgan fingerprint density at radius 1 is 1.20 bits per heavy atom. The SMILES string of the molecule is Nc1ccc2c(c1)OC(=C1CC=CS1)O2. The van der Waals surface area contributed by atoms with Crippen LogP contribution in [0.2, 0.25) is 0 Å². The quantitative estimate of drug-likeness (QED) is 0.681. The molecule has 2 aliphatic heterocycles. The second-order valence-corrected chi connectivity index (χ2v) is 4.32. The van der Waals surface area contributed by atoms with Crippen molar-refractivity contribution in [1.29, 1.82) is 0 Å². The molecule has 76 valence electrons. The Morgan fingerprint density at radius 2 is 2.07 bits per heavy atom. The van der Waals surface area contributed by atoms with Gasteiger partial charge in [-0.2, -0.15) is 0 Å². The highest BCUT2D eigenvalue weighted by molar-refractivity contribution is 8.06. The van der Waals surface area contributed by atoms with Crippen LogP contribution in [-0.4, -0.2) is 0 Å². The van der Waals surface area contributed by atoms with Crippen molar-refractivity contribution in [3.63, 3.8) is 0 Å². The molecule has 0 unspecified atom stereocenters. The number of allylic oxidation sites excluding steroid dienone is 2. The lowest BCUT2D eigenvalue weighted by molar-refractivity contribution is 0.284. The molecule has 2 heterocycles. The smallest absolute Gasteiger partial charge is 0.301 e. The molecule has 0 bridgehead atoms. The van der Waals surface area contributed by atoms with Gasteiger partial charge >= 0.3 is 5.95 Å². The molecule has 3 nitrogen and oxygen atoms in total. The molecule has 0 saturated heterocycles. The van der Waals surface area contributed by atoms with Crippen molar-refractivity contribution in [2.75, 3.05) is 5.73 Å². The molecule has 2 N–H and O–H groups in total. The number of nitrogens with two attached hydrogens (primary N) is 1. The van der Waals surface area contributed by atoms with Crippen LogP contribution in [0.1, 0.15) is 6.42 Å². The second-order valence-electron chi connectivity index (χ2n) is 3.31. The molecule has 0 spiro atoms. The second kappa shape index (κ2) is 3.24. The monoisotopic (exact) mass is 219 g/mol. The summed E-state index contributed by atoms with van der Waals surface area (Å²) in [5.74, 6) is 2.02. The summed E-state index contributed by atoms with van der Waals surface area (Å²) < 4.78 is 11.2. The van der Waals surface area contributed by atoms with Gasteiger partial charge in [-0.05, 0) is 17.5 Å². The van der Waals surface area contributed by atoms with E-state index in [2.05, 4.69) is 6.08 Å². The summed E-state index contributed by atoms with van der Waals surface area (Å²) in [6.45, 7) is 0. The van der Waals surface area contributed by atoms with Gasteiger partial charge in [-0.15, -0.1) is 0 Å². The third kappa shape index (κ3) is 1.47. The molecular formula is C11H9NO2S. The van der Waals surface area contributed by atoms with Gasteiger partial charge in [-0.1, -0.05) is 17.8 Å². The van der Waals surface area contributed by atoms with Crippen molar-refractivity contribution in [2.24, 2.45) is 0 Å². The van der Waals surface area contributed by atoms with Crippen LogP contribution in [0, 0.1) is 0 Å². The highest BCUT2D eigenvalue weighted by atomic mass is 32.2. The van der Waals surface area contributed by atoms with E-state index in [1.807, 2.05) is 11.5 Å². The maximum atomic E-state index is 5.66. The molecule has 0 aromatic heterocycles. The molecule has 0 radical (unpaired) electrons. The van der Waals surface area contributed by atoms with Crippen molar-refractivity contribution >= 4 is 17.4 Å². The average Bonchev–Trinajstić information content (AvgIpc) is 2.84. The molecule has 2 aliphatic rings. The summed E-state index contributed by atoms with van der Waals surface area (Å²) in [5.41, 5.74) is 6.34. The first-order chi connectivity index (χ1) is 7.33. The number of rotatable bonds is 0. The van der Waals surface area contributed by atoms with E-state index >= 15 is 0 Å². The van der Waals surface area contributed by atoms with E-state index in [9.17, 15) is 0 Å². The molecule has 0 saturated carbocycles. The van der Waals surface area contributed by atoms with Gasteiger partial charge < -0.3 is 15.2 Å². The zero-order valence-corrected chi connectivity index (χ0v) is 8.71. The Labute approximate surface area is 91.6 Å². The number of ether oxygens (including phenoxy) is 2. The molecular weight excluding hydrogens is 210 g/mol. The molecule has 0 aliphatic carbocycles. The van der Waals surface area contributed by atoms with E-state index < -0.39 is 0 Å². The van der Waals surface area contributed by atoms with Crippen LogP contribution >= 0.6 is 11.8 Å². The lowest BCUT2D eigenvalue weighted by Crippen LogP contribution is -1.96. The van der Waals surface area contributed by atoms with Crippen molar-refractivity contribution in [3.8, 4) is 11.5 Å². The lowest BCUT2D eigenvalue weighted by Gasteiger charge is -2.00. The number of anilines is 1. The lowest BCUT2D eigenvalue weighted by atomic mass is 10.3. The van der Waals surface area contributed by atoms with Crippen LogP contribution in [0.25, 0.3) is 0 Å². The average molecular weight is 219 g/mol. The molecule has 1 aromatic carbocycles. The summed E-state index contributed by atoms with van der Waals surface area (Å²) in [4.78, 5) is 1.10. The Kier molecular flexibility index (Phi) is 1.89. The normalized spacial score (nSPS) is 22.4. The summed E-state index contributed by atoms with van der Waals surface area (Å²) in [7, 11) is 0. The molecule has 1 aromatic rings. The van der Waals surface area contributed by atoms with Crippen LogP contribution in [0.4, 0.5) is 5.69 Å². The van der Waals surface area contributed by atoms with Gasteiger partial charge in [0.05, 0.1) is 4.91 Å². The zero-order valence-electron chi connectivity index (χ0n) is 7.90. The number of hydrogen-bond donors (Lipinski definition) is 1. The fraction of sp³-hybridized carbons (Fsp3) is 0.0909. The number of hydrogen-bond acceptors (Lipinski definition) is 4. The first kappa shape index (κ1) is 8.73. The predicted molar refractivity (Wildman–Crippen MR) is 60.5 cm³/mol. The van der Waals surface area contributed by atoms with Crippen molar-refractivity contribution in [3.05, 3.63) is 40.5 Å². The van der Waals surface area contributed by atoms with Crippen molar-refractivity contribution < 1.29 is 9.47 Å². The maximum absolute atomic E-state index is 5.66. The van der Waals surface area contributed by atoms with Crippen LogP contribution in [0.15, 0.2) is 40.5 Å². The maximum Gasteiger partial charge on any atom is 0.301 e. The van der Waals surface area contributed by atoms with Crippen molar-refractivity contribution in [1.82, 2.24) is 0 Å². The first-order valence-electron chi connectivity index (χ1n) is 4.63. The fourth-order valence-corrected chi connectivity index (χ4v) is 2.22. The highest BCUT2D eigenvalue weighted by Gasteiger charge is 2.23. The molecule has 4 heteroatoms. The van der Waals surface area contributed by atoms with Gasteiger partial charge in [0.1, 0.15) is 0 Å². The summed E-state index contributed by atoms with van der Waals surface area (Å²) in [6.07, 6.45) is 2.96. The van der Waals surface area contributed by atoms with E-state index in [0.29, 0.717) is 17.4 Å². The van der Waals surface area contributed by atoms with Crippen LogP contribution in [-0.2, 0) is 0 Å². The van der Waals surface area contributed by atoms with Crippen LogP contribution in [0.5, 0.6) is 11.5 Å². The standard InChI is InChI=1S/C11H9NO2S/c12-7-3-4-8-9(6-7)14-11(13-8)10-2-1-5-15-10/h1,3-6H,2,12H2. The van der Waals surface area contributed by atoms with E-state index in [0.717, 1.165) is 17.1 Å². The summed E-state index contributed by atoms with van der Waals surface area (Å²) >= 11 is 1.63. The molecule has 0 amide bonds. The van der Waals surface area contributed by atoms with Crippen LogP contribution in [0.3, 0.4) is 0 Å². The van der Waals surface area contributed by atoms with Gasteiger partial charge in [-0.25, -0.2) is 0 Å². The number of nitrogen functional groups attached to an aromatic ring is 1. The van der Waals surface area contributed by atoms with Gasteiger partial charge in [0, 0.05) is 18.2 Å². The molecule has 0 atom stereocenters. The van der Waals surface area contributed by atoms with Gasteiger partial charge in [0.15, 0.2) is 11.5 Å². The van der Waals surface area contributed by atoms with E-state index in [1.54, 1.807) is 23.9 Å². The largest absolute Gasteiger partial charge is 0.421 e. The van der Waals surface area contributed by atoms with E-state index in [4.69, 9.17) is 15.2 Å². The first-order valence-corrected chi connectivity index (χ1v) is 5.51. The number of fused-ring (bicyclic) bond motifs is 1. The molecule has 15 heavy (non-hydrogen) atoms.